The number of halogens is 1. The van der Waals surface area contributed by atoms with Crippen molar-refractivity contribution in [2.24, 2.45) is 4.99 Å². The van der Waals surface area contributed by atoms with Crippen LogP contribution in [0.3, 0.4) is 0 Å². The third kappa shape index (κ3) is 3.23. The van der Waals surface area contributed by atoms with E-state index in [2.05, 4.69) is 11.7 Å². The van der Waals surface area contributed by atoms with Gasteiger partial charge in [-0.1, -0.05) is 11.6 Å². The third-order valence-electron chi connectivity index (χ3n) is 2.98. The number of rotatable bonds is 4. The van der Waals surface area contributed by atoms with Gasteiger partial charge >= 0.3 is 5.97 Å². The van der Waals surface area contributed by atoms with Gasteiger partial charge in [-0.2, -0.15) is 0 Å². The lowest BCUT2D eigenvalue weighted by molar-refractivity contribution is 0.0601. The molecule has 2 rings (SSSR count). The summed E-state index contributed by atoms with van der Waals surface area (Å²) in [6.07, 6.45) is 5.40. The van der Waals surface area contributed by atoms with E-state index in [0.29, 0.717) is 16.4 Å². The fourth-order valence-electron chi connectivity index (χ4n) is 1.99. The van der Waals surface area contributed by atoms with Crippen molar-refractivity contribution < 1.29 is 9.53 Å². The normalized spacial score (nSPS) is 12.5. The van der Waals surface area contributed by atoms with Crippen LogP contribution in [0.25, 0.3) is 16.7 Å². The number of fused-ring (bicyclic) bond motifs is 1. The van der Waals surface area contributed by atoms with Gasteiger partial charge in [0.15, 0.2) is 0 Å². The van der Waals surface area contributed by atoms with Gasteiger partial charge in [-0.05, 0) is 50.1 Å². The first kappa shape index (κ1) is 15.1. The predicted molar refractivity (Wildman–Crippen MR) is 86.7 cm³/mol. The molecule has 0 bridgehead atoms. The van der Waals surface area contributed by atoms with Crippen molar-refractivity contribution in [3.63, 3.8) is 0 Å². The second-order valence-corrected chi connectivity index (χ2v) is 4.98. The molecule has 1 heterocycles. The van der Waals surface area contributed by atoms with Crippen LogP contribution in [0.2, 0.25) is 0 Å². The molecule has 0 unspecified atom stereocenters. The Balaban J connectivity index is 2.51. The molecule has 0 atom stereocenters. The van der Waals surface area contributed by atoms with E-state index < -0.39 is 0 Å². The highest BCUT2D eigenvalue weighted by Crippen LogP contribution is 2.22. The number of hydrogen-bond donors (Lipinski definition) is 0. The zero-order valence-electron chi connectivity index (χ0n) is 11.8. The largest absolute Gasteiger partial charge is 0.465 e. The van der Waals surface area contributed by atoms with Crippen molar-refractivity contribution >= 4 is 41.0 Å². The van der Waals surface area contributed by atoms with Gasteiger partial charge in [-0.25, -0.2) is 9.79 Å². The topological polar surface area (TPSA) is 43.6 Å². The van der Waals surface area contributed by atoms with Crippen LogP contribution in [0.5, 0.6) is 0 Å². The Morgan fingerprint density at radius 1 is 1.38 bits per heavy atom. The predicted octanol–water partition coefficient (Wildman–Crippen LogP) is 4.07. The number of ether oxygens (including phenoxy) is 1. The van der Waals surface area contributed by atoms with Crippen LogP contribution in [0.1, 0.15) is 17.3 Å². The van der Waals surface area contributed by atoms with Gasteiger partial charge in [0, 0.05) is 16.6 Å². The summed E-state index contributed by atoms with van der Waals surface area (Å²) in [7, 11) is 1.36. The molecule has 0 fully saturated rings. The molecule has 5 heteroatoms. The minimum absolute atomic E-state index is 0.358. The first-order valence-corrected chi connectivity index (χ1v) is 6.65. The summed E-state index contributed by atoms with van der Waals surface area (Å²) < 4.78 is 6.59. The molecular formula is C16H15ClN2O2. The number of carbonyl (C=O) groups is 1. The molecule has 4 nitrogen and oxygen atoms in total. The molecule has 0 aliphatic heterocycles. The van der Waals surface area contributed by atoms with Crippen LogP contribution in [0.4, 0.5) is 0 Å². The number of aliphatic imine (C=N–C) groups is 1. The Kier molecular flexibility index (Phi) is 4.60. The third-order valence-corrected chi connectivity index (χ3v) is 3.11. The van der Waals surface area contributed by atoms with Crippen LogP contribution < -0.4 is 0 Å². The maximum atomic E-state index is 11.5. The second kappa shape index (κ2) is 6.41. The van der Waals surface area contributed by atoms with E-state index in [9.17, 15) is 4.79 Å². The minimum atomic E-state index is -0.358. The maximum Gasteiger partial charge on any atom is 0.337 e. The number of nitrogens with zero attached hydrogens (tertiary/aromatic N) is 2. The molecule has 1 aromatic carbocycles. The highest BCUT2D eigenvalue weighted by molar-refractivity contribution is 6.29. The van der Waals surface area contributed by atoms with Crippen molar-refractivity contribution in [1.82, 2.24) is 4.57 Å². The molecule has 21 heavy (non-hydrogen) atoms. The smallest absolute Gasteiger partial charge is 0.337 e. The number of benzene rings is 1. The highest BCUT2D eigenvalue weighted by Gasteiger charge is 2.09. The van der Waals surface area contributed by atoms with E-state index in [0.717, 1.165) is 10.9 Å². The molecule has 108 valence electrons. The number of carbonyl (C=O) groups excluding carboxylic acids is 1. The summed E-state index contributed by atoms with van der Waals surface area (Å²) in [6, 6.07) is 7.24. The Morgan fingerprint density at radius 3 is 2.76 bits per heavy atom. The van der Waals surface area contributed by atoms with Gasteiger partial charge in [-0.3, -0.25) is 0 Å². The lowest BCUT2D eigenvalue weighted by Crippen LogP contribution is -2.00. The SMILES string of the molecule is C=N/C(=C\C=C(/C)Cl)n1ccc2cc(C(=O)OC)ccc21. The molecular weight excluding hydrogens is 288 g/mol. The van der Waals surface area contributed by atoms with Crippen LogP contribution >= 0.6 is 11.6 Å². The van der Waals surface area contributed by atoms with Gasteiger partial charge in [0.25, 0.3) is 0 Å². The molecule has 0 amide bonds. The summed E-state index contributed by atoms with van der Waals surface area (Å²) in [5, 5.41) is 1.57. The fourth-order valence-corrected chi connectivity index (χ4v) is 2.05. The molecule has 0 saturated heterocycles. The molecule has 0 aliphatic rings. The van der Waals surface area contributed by atoms with Crippen LogP contribution in [-0.2, 0) is 4.74 Å². The summed E-state index contributed by atoms with van der Waals surface area (Å²) in [6.45, 7) is 5.36. The summed E-state index contributed by atoms with van der Waals surface area (Å²) in [5.41, 5.74) is 1.43. The maximum absolute atomic E-state index is 11.5. The van der Waals surface area contributed by atoms with Crippen molar-refractivity contribution in [2.75, 3.05) is 7.11 Å². The monoisotopic (exact) mass is 302 g/mol. The molecule has 0 aliphatic carbocycles. The van der Waals surface area contributed by atoms with Crippen molar-refractivity contribution in [3.8, 4) is 0 Å². The Labute approximate surface area is 128 Å². The first-order valence-electron chi connectivity index (χ1n) is 6.27. The fraction of sp³-hybridized carbons (Fsp3) is 0.125. The summed E-state index contributed by atoms with van der Waals surface area (Å²) in [5.74, 6) is 0.291. The van der Waals surface area contributed by atoms with Gasteiger partial charge in [-0.15, -0.1) is 0 Å². The lowest BCUT2D eigenvalue weighted by atomic mass is 10.1. The van der Waals surface area contributed by atoms with Crippen molar-refractivity contribution in [1.29, 1.82) is 0 Å². The van der Waals surface area contributed by atoms with Crippen LogP contribution in [0, 0.1) is 0 Å². The number of aromatic nitrogens is 1. The quantitative estimate of drug-likeness (QED) is 0.485. The molecule has 0 spiro atoms. The second-order valence-electron chi connectivity index (χ2n) is 4.39. The van der Waals surface area contributed by atoms with Crippen LogP contribution in [0.15, 0.2) is 52.6 Å². The highest BCUT2D eigenvalue weighted by atomic mass is 35.5. The number of esters is 1. The Hall–Kier alpha value is -2.33. The van der Waals surface area contributed by atoms with E-state index >= 15 is 0 Å². The van der Waals surface area contributed by atoms with Crippen molar-refractivity contribution in [3.05, 3.63) is 53.2 Å². The zero-order valence-corrected chi connectivity index (χ0v) is 12.6. The molecule has 0 N–H and O–H groups in total. The van der Waals surface area contributed by atoms with E-state index in [-0.39, 0.29) is 5.97 Å². The zero-order chi connectivity index (χ0) is 15.4. The van der Waals surface area contributed by atoms with Gasteiger partial charge in [0.2, 0.25) is 0 Å². The van der Waals surface area contributed by atoms with Crippen LogP contribution in [-0.4, -0.2) is 24.4 Å². The molecule has 1 aromatic heterocycles. The number of allylic oxidation sites excluding steroid dienone is 3. The molecule has 2 aromatic rings. The summed E-state index contributed by atoms with van der Waals surface area (Å²) in [4.78, 5) is 15.5. The van der Waals surface area contributed by atoms with E-state index in [1.165, 1.54) is 7.11 Å². The number of methoxy groups -OCH3 is 1. The van der Waals surface area contributed by atoms with E-state index in [4.69, 9.17) is 16.3 Å². The van der Waals surface area contributed by atoms with E-state index in [1.807, 2.05) is 22.9 Å². The summed E-state index contributed by atoms with van der Waals surface area (Å²) >= 11 is 5.82. The average molecular weight is 303 g/mol. The number of hydrogen-bond acceptors (Lipinski definition) is 3. The standard InChI is InChI=1S/C16H15ClN2O2/c1-11(17)4-7-15(18-2)19-9-8-12-10-13(16(20)21-3)5-6-14(12)19/h4-10H,2H2,1,3H3/b11-4+,15-7+. The Morgan fingerprint density at radius 2 is 2.14 bits per heavy atom. The van der Waals surface area contributed by atoms with Crippen molar-refractivity contribution in [2.45, 2.75) is 6.92 Å². The molecule has 0 saturated carbocycles. The average Bonchev–Trinajstić information content (AvgIpc) is 2.90. The lowest BCUT2D eigenvalue weighted by Gasteiger charge is -2.05. The van der Waals surface area contributed by atoms with E-state index in [1.54, 1.807) is 31.2 Å². The van der Waals surface area contributed by atoms with Gasteiger partial charge in [0.05, 0.1) is 18.2 Å². The minimum Gasteiger partial charge on any atom is -0.465 e. The Bertz CT molecular complexity index is 753. The van der Waals surface area contributed by atoms with Gasteiger partial charge in [0.1, 0.15) is 5.82 Å². The molecule has 0 radical (unpaired) electrons. The van der Waals surface area contributed by atoms with Gasteiger partial charge < -0.3 is 9.30 Å². The first-order chi connectivity index (χ1) is 10.1.